The van der Waals surface area contributed by atoms with E-state index in [2.05, 4.69) is 5.32 Å². The van der Waals surface area contributed by atoms with Crippen LogP contribution in [0, 0.1) is 29.6 Å². The van der Waals surface area contributed by atoms with E-state index in [0.29, 0.717) is 18.7 Å². The second kappa shape index (κ2) is 11.2. The molecular formula is C20H25N5O2S. The maximum absolute atomic E-state index is 12.8. The second-order valence-corrected chi connectivity index (χ2v) is 7.66. The van der Waals surface area contributed by atoms with Crippen LogP contribution < -0.4 is 5.32 Å². The summed E-state index contributed by atoms with van der Waals surface area (Å²) in [5.74, 6) is 1.77. The highest BCUT2D eigenvalue weighted by atomic mass is 32.2. The van der Waals surface area contributed by atoms with Crippen LogP contribution in [-0.4, -0.2) is 65.8 Å². The van der Waals surface area contributed by atoms with Gasteiger partial charge in [0.1, 0.15) is 0 Å². The second-order valence-electron chi connectivity index (χ2n) is 6.43. The molecule has 148 valence electrons. The minimum atomic E-state index is -0.172. The Morgan fingerprint density at radius 2 is 1.82 bits per heavy atom. The Hall–Kier alpha value is -2.71. The fourth-order valence-corrected chi connectivity index (χ4v) is 3.91. The summed E-state index contributed by atoms with van der Waals surface area (Å²) in [6.45, 7) is 4.06. The summed E-state index contributed by atoms with van der Waals surface area (Å²) in [5.41, 5.74) is 2.21. The van der Waals surface area contributed by atoms with E-state index in [1.54, 1.807) is 0 Å². The molecule has 0 radical (unpaired) electrons. The van der Waals surface area contributed by atoms with Crippen molar-refractivity contribution in [1.29, 1.82) is 10.5 Å². The Morgan fingerprint density at radius 3 is 2.43 bits per heavy atom. The van der Waals surface area contributed by atoms with Gasteiger partial charge in [-0.15, -0.1) is 0 Å². The summed E-state index contributed by atoms with van der Waals surface area (Å²) >= 11 is 1.86. The van der Waals surface area contributed by atoms with E-state index in [1.807, 2.05) is 53.9 Å². The van der Waals surface area contributed by atoms with Crippen molar-refractivity contribution in [2.75, 3.05) is 49.5 Å². The lowest BCUT2D eigenvalue weighted by atomic mass is 10.1. The van der Waals surface area contributed by atoms with Crippen molar-refractivity contribution < 1.29 is 9.59 Å². The van der Waals surface area contributed by atoms with Crippen LogP contribution >= 0.6 is 11.8 Å². The Kier molecular flexibility index (Phi) is 8.64. The number of nitriles is 2. The average molecular weight is 400 g/mol. The molecule has 0 atom stereocenters. The van der Waals surface area contributed by atoms with Gasteiger partial charge in [0.2, 0.25) is 5.91 Å². The fraction of sp³-hybridized carbons (Fsp3) is 0.500. The predicted molar refractivity (Wildman–Crippen MR) is 110 cm³/mol. The maximum atomic E-state index is 12.8. The molecule has 0 aliphatic carbocycles. The summed E-state index contributed by atoms with van der Waals surface area (Å²) < 4.78 is 0. The number of hydrogen-bond acceptors (Lipinski definition) is 6. The topological polar surface area (TPSA) is 100 Å². The van der Waals surface area contributed by atoms with Crippen LogP contribution in [0.15, 0.2) is 18.2 Å². The normalized spacial score (nSPS) is 13.3. The van der Waals surface area contributed by atoms with Crippen LogP contribution in [0.2, 0.25) is 0 Å². The van der Waals surface area contributed by atoms with Gasteiger partial charge in [-0.2, -0.15) is 22.3 Å². The molecule has 1 saturated heterocycles. The molecule has 1 aliphatic heterocycles. The standard InChI is InChI=1S/C20H25N5O2S/c1-16-17(20(27)25-11-13-28-14-12-25)5-2-6-18(16)23-15-19(26)24(9-3-7-21)10-4-8-22/h2,5-6,23H,3-4,9-15H2,1H3. The molecular weight excluding hydrogens is 374 g/mol. The van der Waals surface area contributed by atoms with Gasteiger partial charge in [0.25, 0.3) is 5.91 Å². The zero-order valence-corrected chi connectivity index (χ0v) is 16.9. The lowest BCUT2D eigenvalue weighted by molar-refractivity contribution is -0.129. The molecule has 0 bridgehead atoms. The zero-order valence-electron chi connectivity index (χ0n) is 16.1. The number of carbonyl (C=O) groups is 2. The number of thioether (sulfide) groups is 1. The largest absolute Gasteiger partial charge is 0.376 e. The third kappa shape index (κ3) is 5.90. The van der Waals surface area contributed by atoms with Crippen molar-refractivity contribution in [2.45, 2.75) is 19.8 Å². The number of amides is 2. The quantitative estimate of drug-likeness (QED) is 0.720. The van der Waals surface area contributed by atoms with Crippen molar-refractivity contribution in [2.24, 2.45) is 0 Å². The lowest BCUT2D eigenvalue weighted by Gasteiger charge is -2.27. The van der Waals surface area contributed by atoms with Crippen LogP contribution in [0.5, 0.6) is 0 Å². The first-order chi connectivity index (χ1) is 13.6. The number of rotatable bonds is 8. The van der Waals surface area contributed by atoms with Gasteiger partial charge in [0.15, 0.2) is 0 Å². The number of nitrogens with one attached hydrogen (secondary N) is 1. The molecule has 0 aromatic heterocycles. The van der Waals surface area contributed by atoms with E-state index in [1.165, 1.54) is 4.90 Å². The molecule has 1 aliphatic rings. The molecule has 0 unspecified atom stereocenters. The van der Waals surface area contributed by atoms with Crippen LogP contribution in [-0.2, 0) is 4.79 Å². The van der Waals surface area contributed by atoms with Crippen LogP contribution in [0.3, 0.4) is 0 Å². The highest BCUT2D eigenvalue weighted by Crippen LogP contribution is 2.22. The summed E-state index contributed by atoms with van der Waals surface area (Å²) in [4.78, 5) is 28.7. The molecule has 1 fully saturated rings. The van der Waals surface area contributed by atoms with E-state index in [9.17, 15) is 9.59 Å². The monoisotopic (exact) mass is 399 g/mol. The summed E-state index contributed by atoms with van der Waals surface area (Å²) in [7, 11) is 0. The van der Waals surface area contributed by atoms with E-state index < -0.39 is 0 Å². The van der Waals surface area contributed by atoms with Crippen molar-refractivity contribution in [1.82, 2.24) is 9.80 Å². The minimum absolute atomic E-state index is 0.0254. The summed E-state index contributed by atoms with van der Waals surface area (Å²) in [5, 5.41) is 20.6. The van der Waals surface area contributed by atoms with E-state index in [-0.39, 0.29) is 31.2 Å². The van der Waals surface area contributed by atoms with Gasteiger partial charge in [-0.05, 0) is 24.6 Å². The fourth-order valence-electron chi connectivity index (χ4n) is 3.01. The lowest BCUT2D eigenvalue weighted by Crippen LogP contribution is -2.38. The Morgan fingerprint density at radius 1 is 1.18 bits per heavy atom. The summed E-state index contributed by atoms with van der Waals surface area (Å²) in [6, 6.07) is 9.53. The Labute approximate surface area is 170 Å². The Balaban J connectivity index is 2.03. The highest BCUT2D eigenvalue weighted by Gasteiger charge is 2.21. The van der Waals surface area contributed by atoms with E-state index in [0.717, 1.165) is 35.8 Å². The molecule has 1 heterocycles. The van der Waals surface area contributed by atoms with Gasteiger partial charge < -0.3 is 15.1 Å². The number of benzene rings is 1. The molecule has 8 heteroatoms. The van der Waals surface area contributed by atoms with Crippen LogP contribution in [0.1, 0.15) is 28.8 Å². The minimum Gasteiger partial charge on any atom is -0.376 e. The van der Waals surface area contributed by atoms with E-state index >= 15 is 0 Å². The average Bonchev–Trinajstić information content (AvgIpc) is 2.73. The van der Waals surface area contributed by atoms with Gasteiger partial charge >= 0.3 is 0 Å². The third-order valence-electron chi connectivity index (χ3n) is 4.63. The van der Waals surface area contributed by atoms with Crippen molar-refractivity contribution >= 4 is 29.3 Å². The van der Waals surface area contributed by atoms with Crippen molar-refractivity contribution in [3.63, 3.8) is 0 Å². The molecule has 1 N–H and O–H groups in total. The van der Waals surface area contributed by atoms with E-state index in [4.69, 9.17) is 10.5 Å². The number of hydrogen-bond donors (Lipinski definition) is 1. The van der Waals surface area contributed by atoms with Gasteiger partial charge in [0.05, 0.1) is 31.5 Å². The molecule has 0 spiro atoms. The van der Waals surface area contributed by atoms with Crippen molar-refractivity contribution in [3.05, 3.63) is 29.3 Å². The molecule has 2 amide bonds. The first-order valence-corrected chi connectivity index (χ1v) is 10.5. The van der Waals surface area contributed by atoms with Gasteiger partial charge in [-0.3, -0.25) is 9.59 Å². The molecule has 1 aromatic carbocycles. The molecule has 7 nitrogen and oxygen atoms in total. The highest BCUT2D eigenvalue weighted by molar-refractivity contribution is 7.99. The number of carbonyl (C=O) groups excluding carboxylic acids is 2. The molecule has 2 rings (SSSR count). The number of anilines is 1. The molecule has 1 aromatic rings. The molecule has 28 heavy (non-hydrogen) atoms. The SMILES string of the molecule is Cc1c(NCC(=O)N(CCC#N)CCC#N)cccc1C(=O)N1CCSCC1. The maximum Gasteiger partial charge on any atom is 0.254 e. The number of nitrogens with zero attached hydrogens (tertiary/aromatic N) is 4. The van der Waals surface area contributed by atoms with Crippen molar-refractivity contribution in [3.8, 4) is 12.1 Å². The first-order valence-electron chi connectivity index (χ1n) is 9.30. The van der Waals surface area contributed by atoms with Gasteiger partial charge in [0, 0.05) is 48.9 Å². The zero-order chi connectivity index (χ0) is 20.4. The first kappa shape index (κ1) is 21.6. The van der Waals surface area contributed by atoms with Gasteiger partial charge in [-0.25, -0.2) is 0 Å². The smallest absolute Gasteiger partial charge is 0.254 e. The Bertz CT molecular complexity index is 760. The molecule has 0 saturated carbocycles. The summed E-state index contributed by atoms with van der Waals surface area (Å²) in [6.07, 6.45) is 0.461. The van der Waals surface area contributed by atoms with Gasteiger partial charge in [-0.1, -0.05) is 6.07 Å². The third-order valence-corrected chi connectivity index (χ3v) is 5.57. The predicted octanol–water partition coefficient (Wildman–Crippen LogP) is 2.25. The van der Waals surface area contributed by atoms with Crippen LogP contribution in [0.25, 0.3) is 0 Å². The van der Waals surface area contributed by atoms with Crippen LogP contribution in [0.4, 0.5) is 5.69 Å².